The molecule has 2 aliphatic heterocycles. The van der Waals surface area contributed by atoms with E-state index in [9.17, 15) is 22.8 Å². The number of likely N-dealkylation sites (tertiary alicyclic amines) is 1. The number of carbonyl (C=O) groups excluding carboxylic acids is 2. The third-order valence-electron chi connectivity index (χ3n) is 5.50. The molecule has 1 saturated heterocycles. The summed E-state index contributed by atoms with van der Waals surface area (Å²) in [5.41, 5.74) is 1.43. The van der Waals surface area contributed by atoms with E-state index in [1.54, 1.807) is 36.4 Å². The number of benzene rings is 2. The van der Waals surface area contributed by atoms with Crippen LogP contribution in [0.2, 0.25) is 0 Å². The van der Waals surface area contributed by atoms with Crippen LogP contribution < -0.4 is 10.6 Å². The zero-order valence-electron chi connectivity index (χ0n) is 17.8. The van der Waals surface area contributed by atoms with E-state index in [0.29, 0.717) is 29.9 Å². The Morgan fingerprint density at radius 1 is 1.12 bits per heavy atom. The number of anilines is 2. The van der Waals surface area contributed by atoms with Crippen molar-refractivity contribution in [1.82, 2.24) is 4.90 Å². The number of nitrogens with one attached hydrogen (secondary N) is 2. The summed E-state index contributed by atoms with van der Waals surface area (Å²) in [4.78, 5) is 30.0. The quantitative estimate of drug-likeness (QED) is 0.643. The fraction of sp³-hybridized carbons (Fsp3) is 0.292. The molecule has 33 heavy (non-hydrogen) atoms. The van der Waals surface area contributed by atoms with Crippen molar-refractivity contribution in [3.05, 3.63) is 70.8 Å². The Balaban J connectivity index is 1.51. The Bertz CT molecular complexity index is 1120. The summed E-state index contributed by atoms with van der Waals surface area (Å²) in [7, 11) is 0. The van der Waals surface area contributed by atoms with Gasteiger partial charge in [-0.3, -0.25) is 14.5 Å². The van der Waals surface area contributed by atoms with Gasteiger partial charge in [-0.25, -0.2) is 4.99 Å². The molecule has 2 N–H and O–H groups in total. The first-order valence-electron chi connectivity index (χ1n) is 10.6. The van der Waals surface area contributed by atoms with Gasteiger partial charge in [0.25, 0.3) is 5.91 Å². The molecule has 172 valence electrons. The normalized spacial score (nSPS) is 16.2. The standard InChI is InChI=1S/C24H23F3N4O2/c25-24(26,27)18-10-17(15-31-8-3-9-31)11-19(12-18)30-23(33)20-4-1-2-5-21(20)28-13-16-6-7-22(32)29-14-16/h1-2,4-6,10-12,14,28H,3,7-9,13,15H2,(H,30,33). The lowest BCUT2D eigenvalue weighted by Crippen LogP contribution is -2.36. The zero-order chi connectivity index (χ0) is 23.4. The molecule has 0 spiro atoms. The number of rotatable bonds is 7. The number of para-hydroxylation sites is 1. The molecule has 6 nitrogen and oxygen atoms in total. The Kier molecular flexibility index (Phi) is 6.60. The van der Waals surface area contributed by atoms with E-state index in [4.69, 9.17) is 0 Å². The van der Waals surface area contributed by atoms with Crippen molar-refractivity contribution in [2.24, 2.45) is 4.99 Å². The van der Waals surface area contributed by atoms with Gasteiger partial charge in [-0.05, 0) is 61.0 Å². The monoisotopic (exact) mass is 456 g/mol. The van der Waals surface area contributed by atoms with Crippen molar-refractivity contribution in [1.29, 1.82) is 0 Å². The minimum absolute atomic E-state index is 0.0980. The average molecular weight is 456 g/mol. The summed E-state index contributed by atoms with van der Waals surface area (Å²) in [5, 5.41) is 5.76. The fourth-order valence-corrected chi connectivity index (χ4v) is 3.64. The highest BCUT2D eigenvalue weighted by molar-refractivity contribution is 6.08. The second kappa shape index (κ2) is 9.58. The predicted octanol–water partition coefficient (Wildman–Crippen LogP) is 4.50. The fourth-order valence-electron chi connectivity index (χ4n) is 3.64. The van der Waals surface area contributed by atoms with Gasteiger partial charge in [-0.1, -0.05) is 18.2 Å². The van der Waals surface area contributed by atoms with Gasteiger partial charge < -0.3 is 10.6 Å². The summed E-state index contributed by atoms with van der Waals surface area (Å²) in [6, 6.07) is 10.4. The van der Waals surface area contributed by atoms with Gasteiger partial charge in [0.15, 0.2) is 0 Å². The van der Waals surface area contributed by atoms with Gasteiger partial charge in [0.2, 0.25) is 5.91 Å². The molecule has 0 unspecified atom stereocenters. The molecule has 0 aliphatic carbocycles. The molecule has 0 radical (unpaired) electrons. The Labute approximate surface area is 189 Å². The average Bonchev–Trinajstić information content (AvgIpc) is 2.75. The van der Waals surface area contributed by atoms with Crippen LogP contribution >= 0.6 is 0 Å². The molecule has 0 atom stereocenters. The highest BCUT2D eigenvalue weighted by Gasteiger charge is 2.31. The number of alkyl halides is 3. The summed E-state index contributed by atoms with van der Waals surface area (Å²) in [6.07, 6.45) is -0.0198. The van der Waals surface area contributed by atoms with Crippen molar-refractivity contribution in [2.75, 3.05) is 30.3 Å². The third-order valence-corrected chi connectivity index (χ3v) is 5.50. The molecule has 2 heterocycles. The first-order valence-corrected chi connectivity index (χ1v) is 10.6. The first kappa shape index (κ1) is 22.7. The van der Waals surface area contributed by atoms with Crippen molar-refractivity contribution in [3.63, 3.8) is 0 Å². The molecule has 0 aromatic heterocycles. The van der Waals surface area contributed by atoms with Gasteiger partial charge in [-0.15, -0.1) is 0 Å². The van der Waals surface area contributed by atoms with Gasteiger partial charge in [0.1, 0.15) is 0 Å². The second-order valence-electron chi connectivity index (χ2n) is 8.03. The van der Waals surface area contributed by atoms with Crippen molar-refractivity contribution in [2.45, 2.75) is 25.6 Å². The largest absolute Gasteiger partial charge is 0.416 e. The first-order chi connectivity index (χ1) is 15.8. The topological polar surface area (TPSA) is 73.8 Å². The number of carbonyl (C=O) groups is 2. The molecule has 2 aliphatic rings. The van der Waals surface area contributed by atoms with E-state index in [2.05, 4.69) is 20.5 Å². The van der Waals surface area contributed by atoms with Gasteiger partial charge in [0, 0.05) is 37.1 Å². The smallest absolute Gasteiger partial charge is 0.380 e. The van der Waals surface area contributed by atoms with Crippen molar-refractivity contribution >= 4 is 29.4 Å². The van der Waals surface area contributed by atoms with E-state index < -0.39 is 17.6 Å². The number of hydrogen-bond donors (Lipinski definition) is 2. The minimum atomic E-state index is -4.51. The van der Waals surface area contributed by atoms with E-state index in [1.165, 1.54) is 6.21 Å². The number of dihydropyridines is 1. The Hall–Kier alpha value is -3.46. The van der Waals surface area contributed by atoms with Crippen LogP contribution in [-0.4, -0.2) is 42.6 Å². The number of hydrogen-bond acceptors (Lipinski definition) is 4. The lowest BCUT2D eigenvalue weighted by atomic mass is 10.1. The third kappa shape index (κ3) is 5.87. The molecule has 2 aromatic rings. The summed E-state index contributed by atoms with van der Waals surface area (Å²) in [5.74, 6) is -0.734. The van der Waals surface area contributed by atoms with Crippen LogP contribution in [0.15, 0.2) is 59.1 Å². The molecule has 9 heteroatoms. The van der Waals surface area contributed by atoms with Crippen molar-refractivity contribution < 1.29 is 22.8 Å². The predicted molar refractivity (Wildman–Crippen MR) is 120 cm³/mol. The van der Waals surface area contributed by atoms with Gasteiger partial charge >= 0.3 is 6.18 Å². The van der Waals surface area contributed by atoms with Gasteiger partial charge in [0.05, 0.1) is 11.1 Å². The summed E-state index contributed by atoms with van der Waals surface area (Å²) < 4.78 is 40.3. The Morgan fingerprint density at radius 3 is 2.58 bits per heavy atom. The van der Waals surface area contributed by atoms with E-state index in [0.717, 1.165) is 37.2 Å². The lowest BCUT2D eigenvalue weighted by Gasteiger charge is -2.31. The zero-order valence-corrected chi connectivity index (χ0v) is 17.8. The maximum absolute atomic E-state index is 13.4. The summed E-state index contributed by atoms with van der Waals surface area (Å²) >= 11 is 0. The number of halogens is 3. The van der Waals surface area contributed by atoms with Crippen molar-refractivity contribution in [3.8, 4) is 0 Å². The maximum atomic E-state index is 13.4. The highest BCUT2D eigenvalue weighted by atomic mass is 19.4. The number of aliphatic imine (C=N–C) groups is 1. The molecular formula is C24H23F3N4O2. The van der Waals surface area contributed by atoms with Crippen LogP contribution in [0.25, 0.3) is 0 Å². The Morgan fingerprint density at radius 2 is 1.91 bits per heavy atom. The van der Waals surface area contributed by atoms with Crippen LogP contribution in [-0.2, 0) is 17.5 Å². The molecule has 0 bridgehead atoms. The van der Waals surface area contributed by atoms with Gasteiger partial charge in [-0.2, -0.15) is 13.2 Å². The van der Waals surface area contributed by atoms with Crippen LogP contribution in [0.5, 0.6) is 0 Å². The van der Waals surface area contributed by atoms with Crippen LogP contribution in [0.4, 0.5) is 24.5 Å². The van der Waals surface area contributed by atoms with E-state index >= 15 is 0 Å². The molecule has 2 aromatic carbocycles. The van der Waals surface area contributed by atoms with Crippen LogP contribution in [0.3, 0.4) is 0 Å². The molecule has 2 amide bonds. The lowest BCUT2D eigenvalue weighted by molar-refractivity contribution is -0.137. The van der Waals surface area contributed by atoms with E-state index in [-0.39, 0.29) is 18.0 Å². The highest BCUT2D eigenvalue weighted by Crippen LogP contribution is 2.33. The second-order valence-corrected chi connectivity index (χ2v) is 8.03. The summed E-state index contributed by atoms with van der Waals surface area (Å²) in [6.45, 7) is 2.47. The van der Waals surface area contributed by atoms with E-state index in [1.807, 2.05) is 0 Å². The molecule has 1 fully saturated rings. The van der Waals surface area contributed by atoms with Crippen LogP contribution in [0, 0.1) is 0 Å². The molecule has 4 rings (SSSR count). The number of amides is 2. The minimum Gasteiger partial charge on any atom is -0.380 e. The SMILES string of the molecule is O=C1CC=C(CNc2ccccc2C(=O)Nc2cc(CN3CCC3)cc(C(F)(F)F)c2)C=N1. The number of nitrogens with zero attached hydrogens (tertiary/aromatic N) is 2. The van der Waals surface area contributed by atoms with Crippen LogP contribution in [0.1, 0.15) is 34.3 Å². The molecule has 0 saturated carbocycles. The molecular weight excluding hydrogens is 433 g/mol. The maximum Gasteiger partial charge on any atom is 0.416 e.